The molecule has 1 heterocycles. The lowest BCUT2D eigenvalue weighted by Gasteiger charge is -2.04. The molecule has 0 saturated heterocycles. The van der Waals surface area contributed by atoms with Crippen molar-refractivity contribution in [3.8, 4) is 5.88 Å². The Morgan fingerprint density at radius 2 is 1.74 bits per heavy atom. The maximum atomic E-state index is 11.2. The predicted octanol–water partition coefficient (Wildman–Crippen LogP) is 4.07. The number of aryl methyl sites for hydroxylation is 1. The maximum absolute atomic E-state index is 11.2. The van der Waals surface area contributed by atoms with Crippen LogP contribution in [0.5, 0.6) is 5.88 Å². The van der Waals surface area contributed by atoms with Gasteiger partial charge in [-0.15, -0.1) is 11.8 Å². The number of benzene rings is 2. The third kappa shape index (κ3) is 4.50. The molecule has 0 amide bonds. The predicted molar refractivity (Wildman–Crippen MR) is 96.7 cm³/mol. The highest BCUT2D eigenvalue weighted by Crippen LogP contribution is 2.23. The zero-order valence-corrected chi connectivity index (χ0v) is 14.1. The summed E-state index contributed by atoms with van der Waals surface area (Å²) in [5, 5.41) is 9.62. The lowest BCUT2D eigenvalue weighted by atomic mass is 10.1. The van der Waals surface area contributed by atoms with E-state index in [1.807, 2.05) is 17.8 Å². The molecule has 0 atom stereocenters. The van der Waals surface area contributed by atoms with Gasteiger partial charge in [-0.1, -0.05) is 53.8 Å². The van der Waals surface area contributed by atoms with Crippen LogP contribution in [0.3, 0.4) is 0 Å². The third-order valence-corrected chi connectivity index (χ3v) is 5.38. The number of aromatic amines is 1. The lowest BCUT2D eigenvalue weighted by molar-refractivity contribution is 0.451. The van der Waals surface area contributed by atoms with Crippen LogP contribution in [-0.2, 0) is 12.8 Å². The molecule has 0 unspecified atom stereocenters. The van der Waals surface area contributed by atoms with E-state index in [0.717, 1.165) is 29.1 Å². The van der Waals surface area contributed by atoms with Gasteiger partial charge >= 0.3 is 4.87 Å². The van der Waals surface area contributed by atoms with Crippen LogP contribution in [0.1, 0.15) is 16.0 Å². The van der Waals surface area contributed by atoms with Gasteiger partial charge in [0.1, 0.15) is 0 Å². The van der Waals surface area contributed by atoms with E-state index in [0.29, 0.717) is 11.3 Å². The van der Waals surface area contributed by atoms with Gasteiger partial charge in [0, 0.05) is 17.1 Å². The topological polar surface area (TPSA) is 53.1 Å². The fraction of sp³-hybridized carbons (Fsp3) is 0.167. The highest BCUT2D eigenvalue weighted by Gasteiger charge is 2.07. The second-order valence-corrected chi connectivity index (χ2v) is 7.43. The average Bonchev–Trinajstić information content (AvgIpc) is 2.88. The summed E-state index contributed by atoms with van der Waals surface area (Å²) in [7, 11) is 0. The average molecular weight is 343 g/mol. The zero-order chi connectivity index (χ0) is 16.1. The van der Waals surface area contributed by atoms with Gasteiger partial charge in [0.05, 0.1) is 4.88 Å². The van der Waals surface area contributed by atoms with Gasteiger partial charge in [-0.25, -0.2) is 0 Å². The lowest BCUT2D eigenvalue weighted by Crippen LogP contribution is -1.89. The van der Waals surface area contributed by atoms with Gasteiger partial charge in [0.15, 0.2) is 0 Å². The molecular formula is C18H17NO2S2. The molecule has 2 N–H and O–H groups in total. The number of rotatable bonds is 6. The molecule has 118 valence electrons. The van der Waals surface area contributed by atoms with Gasteiger partial charge in [-0.3, -0.25) is 9.78 Å². The number of thiazole rings is 1. The van der Waals surface area contributed by atoms with Gasteiger partial charge in [0.25, 0.3) is 0 Å². The van der Waals surface area contributed by atoms with E-state index < -0.39 is 0 Å². The van der Waals surface area contributed by atoms with Gasteiger partial charge in [-0.2, -0.15) is 0 Å². The first-order valence-electron chi connectivity index (χ1n) is 7.37. The largest absolute Gasteiger partial charge is 0.494 e. The fourth-order valence-electron chi connectivity index (χ4n) is 2.29. The van der Waals surface area contributed by atoms with E-state index in [-0.39, 0.29) is 10.8 Å². The van der Waals surface area contributed by atoms with E-state index in [9.17, 15) is 9.90 Å². The fourth-order valence-corrected chi connectivity index (χ4v) is 3.95. The van der Waals surface area contributed by atoms with Crippen LogP contribution in [0.2, 0.25) is 0 Å². The second-order valence-electron chi connectivity index (χ2n) is 5.19. The van der Waals surface area contributed by atoms with Gasteiger partial charge in [-0.05, 0) is 29.7 Å². The maximum Gasteiger partial charge on any atom is 0.307 e. The SMILES string of the molecule is O=c1[nH]c(O)c(Cc2ccc(SCCc3ccccc3)cc2)s1. The molecule has 5 heteroatoms. The highest BCUT2D eigenvalue weighted by atomic mass is 32.2. The number of hydrogen-bond acceptors (Lipinski definition) is 4. The van der Waals surface area contributed by atoms with Crippen LogP contribution < -0.4 is 4.87 Å². The number of nitrogens with one attached hydrogen (secondary N) is 1. The molecular weight excluding hydrogens is 326 g/mol. The molecule has 0 aliphatic heterocycles. The van der Waals surface area contributed by atoms with E-state index in [4.69, 9.17) is 0 Å². The molecule has 3 nitrogen and oxygen atoms in total. The van der Waals surface area contributed by atoms with Gasteiger partial charge in [0.2, 0.25) is 5.88 Å². The molecule has 3 aromatic rings. The van der Waals surface area contributed by atoms with Crippen molar-refractivity contribution in [2.24, 2.45) is 0 Å². The van der Waals surface area contributed by atoms with Crippen LogP contribution >= 0.6 is 23.1 Å². The van der Waals surface area contributed by atoms with Gasteiger partial charge < -0.3 is 5.11 Å². The summed E-state index contributed by atoms with van der Waals surface area (Å²) >= 11 is 2.89. The number of hydrogen-bond donors (Lipinski definition) is 2. The third-order valence-electron chi connectivity index (χ3n) is 3.49. The Hall–Kier alpha value is -1.98. The molecule has 23 heavy (non-hydrogen) atoms. The van der Waals surface area contributed by atoms with Crippen LogP contribution in [-0.4, -0.2) is 15.8 Å². The Bertz CT molecular complexity index is 807. The summed E-state index contributed by atoms with van der Waals surface area (Å²) in [6.45, 7) is 0. The molecule has 0 fully saturated rings. The molecule has 0 spiro atoms. The normalized spacial score (nSPS) is 10.8. The molecule has 1 aromatic heterocycles. The number of aromatic nitrogens is 1. The van der Waals surface area contributed by atoms with E-state index in [1.54, 1.807) is 0 Å². The monoisotopic (exact) mass is 343 g/mol. The van der Waals surface area contributed by atoms with E-state index in [2.05, 4.69) is 53.5 Å². The first-order chi connectivity index (χ1) is 11.2. The summed E-state index contributed by atoms with van der Waals surface area (Å²) < 4.78 is 0. The summed E-state index contributed by atoms with van der Waals surface area (Å²) in [5.74, 6) is 1.03. The quantitative estimate of drug-likeness (QED) is 0.664. The minimum Gasteiger partial charge on any atom is -0.494 e. The van der Waals surface area contributed by atoms with E-state index >= 15 is 0 Å². The Labute approximate surface area is 143 Å². The van der Waals surface area contributed by atoms with Crippen molar-refractivity contribution in [2.75, 3.05) is 5.75 Å². The van der Waals surface area contributed by atoms with E-state index in [1.165, 1.54) is 10.5 Å². The van der Waals surface area contributed by atoms with Crippen molar-refractivity contribution in [3.05, 3.63) is 80.3 Å². The van der Waals surface area contributed by atoms with Crippen LogP contribution in [0.25, 0.3) is 0 Å². The highest BCUT2D eigenvalue weighted by molar-refractivity contribution is 7.99. The van der Waals surface area contributed by atoms with Crippen molar-refractivity contribution in [1.29, 1.82) is 0 Å². The molecule has 2 aromatic carbocycles. The second kappa shape index (κ2) is 7.53. The molecule has 0 saturated carbocycles. The van der Waals surface area contributed by atoms with Crippen LogP contribution in [0.15, 0.2) is 64.3 Å². The minimum atomic E-state index is -0.217. The number of H-pyrrole nitrogens is 1. The van der Waals surface area contributed by atoms with Crippen molar-refractivity contribution in [1.82, 2.24) is 4.98 Å². The van der Waals surface area contributed by atoms with Crippen molar-refractivity contribution in [3.63, 3.8) is 0 Å². The van der Waals surface area contributed by atoms with Crippen molar-refractivity contribution in [2.45, 2.75) is 17.7 Å². The molecule has 0 radical (unpaired) electrons. The number of aromatic hydroxyl groups is 1. The minimum absolute atomic E-state index is 0.0127. The van der Waals surface area contributed by atoms with Crippen molar-refractivity contribution >= 4 is 23.1 Å². The Morgan fingerprint density at radius 3 is 2.39 bits per heavy atom. The van der Waals surface area contributed by atoms with Crippen LogP contribution in [0.4, 0.5) is 0 Å². The van der Waals surface area contributed by atoms with Crippen LogP contribution in [0, 0.1) is 0 Å². The Kier molecular flexibility index (Phi) is 5.20. The molecule has 0 aliphatic rings. The summed E-state index contributed by atoms with van der Waals surface area (Å²) in [5.41, 5.74) is 2.44. The summed E-state index contributed by atoms with van der Waals surface area (Å²) in [6.07, 6.45) is 1.63. The zero-order valence-electron chi connectivity index (χ0n) is 12.5. The molecule has 0 aliphatic carbocycles. The van der Waals surface area contributed by atoms with Crippen molar-refractivity contribution < 1.29 is 5.11 Å². The summed E-state index contributed by atoms with van der Waals surface area (Å²) in [6, 6.07) is 18.8. The summed E-state index contributed by atoms with van der Waals surface area (Å²) in [4.78, 5) is 15.3. The standard InChI is InChI=1S/C18H17NO2S2/c20-17-16(23-18(21)19-17)12-14-6-8-15(9-7-14)22-11-10-13-4-2-1-3-5-13/h1-9,20H,10-12H2,(H,19,21). The molecule has 0 bridgehead atoms. The Morgan fingerprint density at radius 1 is 1.00 bits per heavy atom. The Balaban J connectivity index is 1.55. The first-order valence-corrected chi connectivity index (χ1v) is 9.17. The first kappa shape index (κ1) is 15.9. The molecule has 3 rings (SSSR count). The number of thioether (sulfide) groups is 1. The smallest absolute Gasteiger partial charge is 0.307 e.